The Kier molecular flexibility index (Phi) is 5.75. The largest absolute Gasteiger partial charge is 0.432 e. The third-order valence-electron chi connectivity index (χ3n) is 7.43. The molecule has 0 saturated heterocycles. The number of rotatable bonds is 6. The van der Waals surface area contributed by atoms with Crippen LogP contribution in [0.4, 0.5) is 0 Å². The van der Waals surface area contributed by atoms with Crippen molar-refractivity contribution in [2.45, 2.75) is 84.1 Å². The number of ether oxygens (including phenoxy) is 1. The van der Waals surface area contributed by atoms with E-state index in [0.717, 1.165) is 23.5 Å². The van der Waals surface area contributed by atoms with Crippen LogP contribution in [-0.2, 0) is 0 Å². The van der Waals surface area contributed by atoms with Crippen LogP contribution < -0.4 is 10.1 Å². The minimum Gasteiger partial charge on any atom is -0.432 e. The summed E-state index contributed by atoms with van der Waals surface area (Å²) in [5, 5.41) is 4.26. The number of thiocarbonyl (C=S) groups is 1. The summed E-state index contributed by atoms with van der Waals surface area (Å²) in [6.45, 7) is 9.25. The van der Waals surface area contributed by atoms with Crippen LogP contribution in [-0.4, -0.2) is 10.7 Å². The van der Waals surface area contributed by atoms with Gasteiger partial charge in [-0.3, -0.25) is 0 Å². The Morgan fingerprint density at radius 3 is 2.21 bits per heavy atom. The van der Waals surface area contributed by atoms with Crippen molar-refractivity contribution < 1.29 is 4.74 Å². The van der Waals surface area contributed by atoms with Crippen LogP contribution >= 0.6 is 12.2 Å². The van der Waals surface area contributed by atoms with Crippen LogP contribution in [0, 0.1) is 29.6 Å². The van der Waals surface area contributed by atoms with E-state index in [4.69, 9.17) is 17.0 Å². The van der Waals surface area contributed by atoms with Gasteiger partial charge in [0.1, 0.15) is 5.75 Å². The quantitative estimate of drug-likeness (QED) is 0.538. The summed E-state index contributed by atoms with van der Waals surface area (Å²) in [6.07, 6.45) is 9.40. The molecule has 4 aliphatic carbocycles. The lowest BCUT2D eigenvalue weighted by Gasteiger charge is -2.57. The van der Waals surface area contributed by atoms with Gasteiger partial charge in [0.25, 0.3) is 5.17 Å². The second-order valence-corrected chi connectivity index (χ2v) is 11.1. The second kappa shape index (κ2) is 7.97. The fourth-order valence-electron chi connectivity index (χ4n) is 6.72. The maximum absolute atomic E-state index is 6.15. The molecule has 0 aromatic heterocycles. The Balaban J connectivity index is 1.42. The highest BCUT2D eigenvalue weighted by Gasteiger charge is 2.51. The van der Waals surface area contributed by atoms with Crippen LogP contribution in [0.5, 0.6) is 5.75 Å². The van der Waals surface area contributed by atoms with Crippen molar-refractivity contribution >= 4 is 17.4 Å². The molecule has 2 nitrogen and oxygen atoms in total. The summed E-state index contributed by atoms with van der Waals surface area (Å²) >= 11 is 5.67. The van der Waals surface area contributed by atoms with Gasteiger partial charge in [0.2, 0.25) is 0 Å². The molecule has 0 radical (unpaired) electrons. The summed E-state index contributed by atoms with van der Waals surface area (Å²) < 4.78 is 6.15. The topological polar surface area (TPSA) is 21.3 Å². The van der Waals surface area contributed by atoms with Crippen molar-refractivity contribution in [3.63, 3.8) is 0 Å². The molecule has 1 aromatic rings. The normalized spacial score (nSPS) is 32.0. The highest BCUT2D eigenvalue weighted by Crippen LogP contribution is 2.55. The summed E-state index contributed by atoms with van der Waals surface area (Å²) in [6, 6.07) is 8.62. The second-order valence-electron chi connectivity index (χ2n) is 10.8. The average molecular weight is 400 g/mol. The van der Waals surface area contributed by atoms with E-state index in [-0.39, 0.29) is 5.54 Å². The maximum Gasteiger partial charge on any atom is 0.262 e. The molecule has 4 bridgehead atoms. The van der Waals surface area contributed by atoms with E-state index in [1.807, 2.05) is 6.07 Å². The van der Waals surface area contributed by atoms with Gasteiger partial charge in [0.05, 0.1) is 0 Å². The Morgan fingerprint density at radius 1 is 1.07 bits per heavy atom. The zero-order valence-electron chi connectivity index (χ0n) is 18.0. The zero-order chi connectivity index (χ0) is 19.9. The molecule has 0 amide bonds. The maximum atomic E-state index is 6.15. The van der Waals surface area contributed by atoms with Crippen LogP contribution in [0.3, 0.4) is 0 Å². The smallest absolute Gasteiger partial charge is 0.262 e. The number of hydrogen-bond donors (Lipinski definition) is 1. The van der Waals surface area contributed by atoms with Crippen molar-refractivity contribution in [3.8, 4) is 5.75 Å². The fraction of sp³-hybridized carbons (Fsp3) is 0.720. The first-order valence-corrected chi connectivity index (χ1v) is 11.8. The summed E-state index contributed by atoms with van der Waals surface area (Å²) in [5.41, 5.74) is 1.58. The zero-order valence-corrected chi connectivity index (χ0v) is 18.9. The van der Waals surface area contributed by atoms with Crippen LogP contribution in [0.15, 0.2) is 24.3 Å². The van der Waals surface area contributed by atoms with E-state index in [1.165, 1.54) is 50.5 Å². The number of nitrogens with one attached hydrogen (secondary N) is 1. The van der Waals surface area contributed by atoms with Gasteiger partial charge in [-0.15, -0.1) is 0 Å². The average Bonchev–Trinajstić information content (AvgIpc) is 2.57. The molecular weight excluding hydrogens is 362 g/mol. The van der Waals surface area contributed by atoms with Crippen LogP contribution in [0.2, 0.25) is 0 Å². The van der Waals surface area contributed by atoms with Crippen molar-refractivity contribution in [1.82, 2.24) is 5.32 Å². The van der Waals surface area contributed by atoms with Gasteiger partial charge >= 0.3 is 0 Å². The molecule has 3 heteroatoms. The third-order valence-corrected chi connectivity index (χ3v) is 7.62. The molecule has 5 rings (SSSR count). The van der Waals surface area contributed by atoms with E-state index in [2.05, 4.69) is 51.2 Å². The molecule has 1 unspecified atom stereocenters. The Bertz CT molecular complexity index is 675. The number of benzene rings is 1. The van der Waals surface area contributed by atoms with Gasteiger partial charge in [0.15, 0.2) is 0 Å². The molecule has 1 N–H and O–H groups in total. The van der Waals surface area contributed by atoms with E-state index >= 15 is 0 Å². The van der Waals surface area contributed by atoms with Gasteiger partial charge in [-0.1, -0.05) is 39.8 Å². The highest BCUT2D eigenvalue weighted by molar-refractivity contribution is 7.80. The number of hydrogen-bond acceptors (Lipinski definition) is 2. The lowest BCUT2D eigenvalue weighted by atomic mass is 9.53. The van der Waals surface area contributed by atoms with E-state index in [9.17, 15) is 0 Å². The molecule has 1 atom stereocenters. The molecule has 0 aliphatic heterocycles. The third kappa shape index (κ3) is 4.40. The minimum atomic E-state index is 0.210. The van der Waals surface area contributed by atoms with Gasteiger partial charge in [-0.2, -0.15) is 0 Å². The molecule has 1 aromatic carbocycles. The van der Waals surface area contributed by atoms with E-state index in [0.29, 0.717) is 22.9 Å². The molecule has 0 spiro atoms. The molecule has 4 fully saturated rings. The van der Waals surface area contributed by atoms with Gasteiger partial charge in [0, 0.05) is 5.54 Å². The molecule has 28 heavy (non-hydrogen) atoms. The van der Waals surface area contributed by atoms with Crippen molar-refractivity contribution in [2.24, 2.45) is 29.6 Å². The highest BCUT2D eigenvalue weighted by atomic mass is 32.1. The van der Waals surface area contributed by atoms with Crippen molar-refractivity contribution in [2.75, 3.05) is 0 Å². The van der Waals surface area contributed by atoms with Gasteiger partial charge in [-0.05, 0) is 110 Å². The van der Waals surface area contributed by atoms with Gasteiger partial charge in [-0.25, -0.2) is 0 Å². The predicted molar refractivity (Wildman–Crippen MR) is 121 cm³/mol. The summed E-state index contributed by atoms with van der Waals surface area (Å²) in [7, 11) is 0. The Labute approximate surface area is 176 Å². The Morgan fingerprint density at radius 2 is 1.68 bits per heavy atom. The van der Waals surface area contributed by atoms with Crippen LogP contribution in [0.25, 0.3) is 0 Å². The standard InChI is InChI=1S/C25H37NOS/c1-16(2)8-23(17(3)4)21-6-5-7-22(12-21)27-24(28)26-25-13-18-9-19(14-25)11-20(10-18)15-25/h5-7,12,16-20,23H,8-11,13-15H2,1-4H3,(H,26,28). The molecule has 4 saturated carbocycles. The van der Waals surface area contributed by atoms with Crippen molar-refractivity contribution in [3.05, 3.63) is 29.8 Å². The first kappa shape index (κ1) is 20.2. The molecule has 154 valence electrons. The summed E-state index contributed by atoms with van der Waals surface area (Å²) in [4.78, 5) is 0. The first-order chi connectivity index (χ1) is 13.3. The SMILES string of the molecule is CC(C)CC(c1cccc(OC(=S)NC23CC4CC(CC(C4)C2)C3)c1)C(C)C. The van der Waals surface area contributed by atoms with Crippen molar-refractivity contribution in [1.29, 1.82) is 0 Å². The van der Waals surface area contributed by atoms with E-state index in [1.54, 1.807) is 0 Å². The summed E-state index contributed by atoms with van der Waals surface area (Å²) in [5.74, 6) is 5.49. The first-order valence-electron chi connectivity index (χ1n) is 11.4. The molecule has 4 aliphatic rings. The molecular formula is C25H37NOS. The Hall–Kier alpha value is -1.09. The lowest BCUT2D eigenvalue weighted by Crippen LogP contribution is -2.60. The predicted octanol–water partition coefficient (Wildman–Crippen LogP) is 6.69. The molecule has 0 heterocycles. The monoisotopic (exact) mass is 399 g/mol. The van der Waals surface area contributed by atoms with Crippen LogP contribution in [0.1, 0.15) is 84.1 Å². The minimum absolute atomic E-state index is 0.210. The van der Waals surface area contributed by atoms with Gasteiger partial charge < -0.3 is 10.1 Å². The van der Waals surface area contributed by atoms with E-state index < -0.39 is 0 Å². The lowest BCUT2D eigenvalue weighted by molar-refractivity contribution is -0.0114. The fourth-order valence-corrected chi connectivity index (χ4v) is 7.04.